The summed E-state index contributed by atoms with van der Waals surface area (Å²) >= 11 is 0. The standard InChI is InChI=1S/C56H94O11/c1-19-21-23-25-31-51(7,39-47-53(59-11,60-12)35-33-49(3,4)55(47,63-15)64-16)43-29-27-41(37-45(43)57-9)67-42-28-30-44(46(38-42)58-10)52(8,32-26-24-22-20-2)40-48-54(61-13,62-14)36-34-50(5,6)56(48,65-17)66-18/h27-30,37-38,47-48H,19-26,31-36,39-40H2,1-18H3. The molecule has 0 radical (unpaired) electrons. The number of rotatable bonds is 28. The smallest absolute Gasteiger partial charge is 0.180 e. The quantitative estimate of drug-likeness (QED) is 0.0602. The number of ether oxygens (including phenoxy) is 11. The van der Waals surface area contributed by atoms with Crippen LogP contribution in [0, 0.1) is 22.7 Å². The molecule has 67 heavy (non-hydrogen) atoms. The number of benzene rings is 2. The average Bonchev–Trinajstić information content (AvgIpc) is 3.32. The van der Waals surface area contributed by atoms with E-state index in [0.29, 0.717) is 37.2 Å². The second kappa shape index (κ2) is 23.6. The van der Waals surface area contributed by atoms with Crippen molar-refractivity contribution in [3.8, 4) is 23.0 Å². The van der Waals surface area contributed by atoms with Gasteiger partial charge in [-0.2, -0.15) is 0 Å². The van der Waals surface area contributed by atoms with Gasteiger partial charge in [-0.25, -0.2) is 0 Å². The fourth-order valence-electron chi connectivity index (χ4n) is 12.8. The van der Waals surface area contributed by atoms with Crippen molar-refractivity contribution in [3.63, 3.8) is 0 Å². The number of unbranched alkanes of at least 4 members (excludes halogenated alkanes) is 6. The molecule has 2 fully saturated rings. The molecule has 2 saturated carbocycles. The number of methoxy groups -OCH3 is 10. The summed E-state index contributed by atoms with van der Waals surface area (Å²) in [7, 11) is 17.4. The molecule has 4 atom stereocenters. The van der Waals surface area contributed by atoms with Gasteiger partial charge in [-0.3, -0.25) is 0 Å². The van der Waals surface area contributed by atoms with E-state index in [-0.39, 0.29) is 33.5 Å². The van der Waals surface area contributed by atoms with Crippen LogP contribution in [0.2, 0.25) is 0 Å². The summed E-state index contributed by atoms with van der Waals surface area (Å²) in [6, 6.07) is 12.5. The first kappa shape index (κ1) is 57.1. The molecule has 0 spiro atoms. The van der Waals surface area contributed by atoms with Gasteiger partial charge in [0.25, 0.3) is 0 Å². The van der Waals surface area contributed by atoms with Gasteiger partial charge in [-0.1, -0.05) is 119 Å². The van der Waals surface area contributed by atoms with Crippen LogP contribution in [0.1, 0.15) is 169 Å². The molecule has 0 heterocycles. The molecule has 0 saturated heterocycles. The molecule has 0 aliphatic heterocycles. The maximum Gasteiger partial charge on any atom is 0.180 e. The lowest BCUT2D eigenvalue weighted by Crippen LogP contribution is -2.67. The fourth-order valence-corrected chi connectivity index (χ4v) is 12.8. The van der Waals surface area contributed by atoms with E-state index in [4.69, 9.17) is 52.1 Å². The van der Waals surface area contributed by atoms with E-state index in [0.717, 1.165) is 86.8 Å². The summed E-state index contributed by atoms with van der Waals surface area (Å²) in [6.45, 7) is 18.1. The first-order valence-electron chi connectivity index (χ1n) is 25.2. The van der Waals surface area contributed by atoms with Crippen molar-refractivity contribution in [3.05, 3.63) is 47.5 Å². The Balaban J connectivity index is 1.80. The van der Waals surface area contributed by atoms with Crippen molar-refractivity contribution >= 4 is 0 Å². The number of hydrogen-bond donors (Lipinski definition) is 0. The monoisotopic (exact) mass is 943 g/mol. The van der Waals surface area contributed by atoms with Gasteiger partial charge in [-0.05, 0) is 61.5 Å². The molecule has 384 valence electrons. The van der Waals surface area contributed by atoms with E-state index in [1.807, 2.05) is 12.1 Å². The van der Waals surface area contributed by atoms with Crippen LogP contribution >= 0.6 is 0 Å². The van der Waals surface area contributed by atoms with Gasteiger partial charge in [-0.15, -0.1) is 0 Å². The predicted molar refractivity (Wildman–Crippen MR) is 268 cm³/mol. The zero-order chi connectivity index (χ0) is 50.0. The third-order valence-electron chi connectivity index (χ3n) is 17.0. The Bertz CT molecular complexity index is 1680. The largest absolute Gasteiger partial charge is 0.496 e. The molecule has 0 aromatic heterocycles. The Labute approximate surface area is 407 Å². The third-order valence-corrected chi connectivity index (χ3v) is 17.0. The summed E-state index contributed by atoms with van der Waals surface area (Å²) in [5.41, 5.74) is 0.778. The van der Waals surface area contributed by atoms with Gasteiger partial charge in [0.2, 0.25) is 0 Å². The fraction of sp³-hybridized carbons (Fsp3) is 0.786. The van der Waals surface area contributed by atoms with Crippen LogP contribution < -0.4 is 14.2 Å². The van der Waals surface area contributed by atoms with Crippen molar-refractivity contribution in [2.75, 3.05) is 71.1 Å². The van der Waals surface area contributed by atoms with Crippen LogP contribution in [0.3, 0.4) is 0 Å². The maximum atomic E-state index is 6.73. The zero-order valence-corrected chi connectivity index (χ0v) is 45.4. The van der Waals surface area contributed by atoms with Crippen molar-refractivity contribution in [2.45, 2.75) is 192 Å². The molecule has 4 rings (SSSR count). The normalized spacial score (nSPS) is 23.2. The van der Waals surface area contributed by atoms with Gasteiger partial charge in [0.15, 0.2) is 23.1 Å². The molecule has 2 aromatic rings. The minimum Gasteiger partial charge on any atom is -0.496 e. The number of hydrogen-bond acceptors (Lipinski definition) is 11. The van der Waals surface area contributed by atoms with E-state index in [1.54, 1.807) is 71.1 Å². The topological polar surface area (TPSA) is 102 Å². The third kappa shape index (κ3) is 11.0. The van der Waals surface area contributed by atoms with Gasteiger partial charge >= 0.3 is 0 Å². The molecule has 4 unspecified atom stereocenters. The molecule has 2 aromatic carbocycles. The Hall–Kier alpha value is -2.48. The zero-order valence-electron chi connectivity index (χ0n) is 45.4. The highest BCUT2D eigenvalue weighted by molar-refractivity contribution is 5.49. The van der Waals surface area contributed by atoms with E-state index in [2.05, 4.69) is 79.7 Å². The summed E-state index contributed by atoms with van der Waals surface area (Å²) in [5, 5.41) is 0. The first-order chi connectivity index (χ1) is 31.8. The van der Waals surface area contributed by atoms with Crippen LogP contribution in [0.25, 0.3) is 0 Å². The summed E-state index contributed by atoms with van der Waals surface area (Å²) in [6.07, 6.45) is 15.3. The summed E-state index contributed by atoms with van der Waals surface area (Å²) in [4.78, 5) is 0. The summed E-state index contributed by atoms with van der Waals surface area (Å²) in [5.74, 6) is -1.51. The first-order valence-corrected chi connectivity index (χ1v) is 25.2. The van der Waals surface area contributed by atoms with Crippen molar-refractivity contribution in [1.82, 2.24) is 0 Å². The van der Waals surface area contributed by atoms with Crippen LogP contribution in [0.15, 0.2) is 36.4 Å². The van der Waals surface area contributed by atoms with Gasteiger partial charge in [0.1, 0.15) is 23.0 Å². The lowest BCUT2D eigenvalue weighted by atomic mass is 9.58. The van der Waals surface area contributed by atoms with Crippen LogP contribution in [0.5, 0.6) is 23.0 Å². The van der Waals surface area contributed by atoms with E-state index in [1.165, 1.54) is 12.8 Å². The maximum absolute atomic E-state index is 6.73. The second-order valence-corrected chi connectivity index (χ2v) is 21.4. The Morgan fingerprint density at radius 3 is 1.09 bits per heavy atom. The molecule has 0 amide bonds. The van der Waals surface area contributed by atoms with E-state index >= 15 is 0 Å². The average molecular weight is 943 g/mol. The Morgan fingerprint density at radius 1 is 0.463 bits per heavy atom. The highest BCUT2D eigenvalue weighted by Gasteiger charge is 2.66. The SMILES string of the molecule is CCCCCCC(C)(CC1C(OC)(OC)CCC(C)(C)C1(OC)OC)c1ccc(Oc2ccc(C(C)(CCCCCC)CC3C(OC)(OC)CCC(C)(C)C3(OC)OC)c(OC)c2)cc1OC. The van der Waals surface area contributed by atoms with E-state index < -0.39 is 23.1 Å². The van der Waals surface area contributed by atoms with Gasteiger partial charge < -0.3 is 52.1 Å². The highest BCUT2D eigenvalue weighted by atomic mass is 16.7. The lowest BCUT2D eigenvalue weighted by Gasteiger charge is -2.60. The Morgan fingerprint density at radius 2 is 0.806 bits per heavy atom. The molecular formula is C56H94O11. The van der Waals surface area contributed by atoms with Crippen molar-refractivity contribution in [2.24, 2.45) is 22.7 Å². The minimum absolute atomic E-state index is 0.278. The predicted octanol–water partition coefficient (Wildman–Crippen LogP) is 13.6. The molecule has 2 aliphatic carbocycles. The minimum atomic E-state index is -0.977. The molecular weight excluding hydrogens is 849 g/mol. The van der Waals surface area contributed by atoms with Crippen molar-refractivity contribution in [1.29, 1.82) is 0 Å². The van der Waals surface area contributed by atoms with Crippen LogP contribution in [-0.4, -0.2) is 94.2 Å². The van der Waals surface area contributed by atoms with E-state index in [9.17, 15) is 0 Å². The van der Waals surface area contributed by atoms with Gasteiger partial charge in [0, 0.05) is 104 Å². The van der Waals surface area contributed by atoms with Crippen LogP contribution in [0.4, 0.5) is 0 Å². The Kier molecular flexibility index (Phi) is 20.1. The molecule has 2 aliphatic rings. The lowest BCUT2D eigenvalue weighted by molar-refractivity contribution is -0.393. The van der Waals surface area contributed by atoms with Crippen LogP contribution in [-0.2, 0) is 48.7 Å². The molecule has 0 N–H and O–H groups in total. The van der Waals surface area contributed by atoms with Crippen molar-refractivity contribution < 1.29 is 52.1 Å². The molecule has 0 bridgehead atoms. The molecule has 11 nitrogen and oxygen atoms in total. The second-order valence-electron chi connectivity index (χ2n) is 21.4. The molecule has 11 heteroatoms. The summed E-state index contributed by atoms with van der Waals surface area (Å²) < 4.78 is 70.6. The van der Waals surface area contributed by atoms with Gasteiger partial charge in [0.05, 0.1) is 26.1 Å². The highest BCUT2D eigenvalue weighted by Crippen LogP contribution is 2.61.